The van der Waals surface area contributed by atoms with Gasteiger partial charge in [-0.1, -0.05) is 0 Å². The van der Waals surface area contributed by atoms with Crippen molar-refractivity contribution < 1.29 is 13.2 Å². The molecule has 5 nitrogen and oxygen atoms in total. The number of sulfonamides is 1. The van der Waals surface area contributed by atoms with Gasteiger partial charge in [0.15, 0.2) is 0 Å². The maximum absolute atomic E-state index is 11.7. The van der Waals surface area contributed by atoms with Gasteiger partial charge in [0.2, 0.25) is 10.0 Å². The molecule has 0 aromatic heterocycles. The zero-order valence-electron chi connectivity index (χ0n) is 10.9. The first-order valence-electron chi connectivity index (χ1n) is 6.24. The molecule has 0 aromatic carbocycles. The highest BCUT2D eigenvalue weighted by molar-refractivity contribution is 7.89. The van der Waals surface area contributed by atoms with Crippen LogP contribution < -0.4 is 10.0 Å². The first-order valence-corrected chi connectivity index (χ1v) is 7.89. The average Bonchev–Trinajstić information content (AvgIpc) is 2.20. The van der Waals surface area contributed by atoms with E-state index in [-0.39, 0.29) is 24.5 Å². The van der Waals surface area contributed by atoms with Gasteiger partial charge in [0.25, 0.3) is 0 Å². The Labute approximate surface area is 104 Å². The molecule has 2 unspecified atom stereocenters. The number of piperidine rings is 1. The molecule has 1 aliphatic rings. The van der Waals surface area contributed by atoms with Crippen molar-refractivity contribution in [3.05, 3.63) is 0 Å². The average molecular weight is 264 g/mol. The lowest BCUT2D eigenvalue weighted by molar-refractivity contribution is 0.0911. The van der Waals surface area contributed by atoms with Crippen LogP contribution in [-0.2, 0) is 14.8 Å². The molecule has 1 saturated heterocycles. The van der Waals surface area contributed by atoms with E-state index in [1.165, 1.54) is 0 Å². The lowest BCUT2D eigenvalue weighted by atomic mass is 10.0. The van der Waals surface area contributed by atoms with Crippen molar-refractivity contribution >= 4 is 10.0 Å². The van der Waals surface area contributed by atoms with Crippen LogP contribution in [0, 0.1) is 0 Å². The molecule has 17 heavy (non-hydrogen) atoms. The van der Waals surface area contributed by atoms with Crippen LogP contribution in [0.4, 0.5) is 0 Å². The Kier molecular flexibility index (Phi) is 5.85. The summed E-state index contributed by atoms with van der Waals surface area (Å²) in [6.45, 7) is 6.87. The summed E-state index contributed by atoms with van der Waals surface area (Å²) in [4.78, 5) is 0. The standard InChI is InChI=1S/C11H24N2O3S/c1-9(2)16-6-7-17(14,15)13-11-5-4-10(3)12-8-11/h9-13H,4-8H2,1-3H3. The van der Waals surface area contributed by atoms with Gasteiger partial charge in [-0.05, 0) is 33.6 Å². The molecular formula is C11H24N2O3S. The van der Waals surface area contributed by atoms with E-state index in [1.807, 2.05) is 13.8 Å². The van der Waals surface area contributed by atoms with Gasteiger partial charge in [0.1, 0.15) is 0 Å². The molecule has 0 radical (unpaired) electrons. The van der Waals surface area contributed by atoms with Gasteiger partial charge in [-0.2, -0.15) is 0 Å². The van der Waals surface area contributed by atoms with Crippen LogP contribution in [0.3, 0.4) is 0 Å². The van der Waals surface area contributed by atoms with Gasteiger partial charge < -0.3 is 10.1 Å². The molecule has 6 heteroatoms. The molecule has 1 rings (SSSR count). The molecule has 0 aromatic rings. The zero-order valence-corrected chi connectivity index (χ0v) is 11.7. The number of hydrogen-bond donors (Lipinski definition) is 2. The van der Waals surface area contributed by atoms with Crippen LogP contribution in [0.2, 0.25) is 0 Å². The number of hydrogen-bond acceptors (Lipinski definition) is 4. The van der Waals surface area contributed by atoms with Crippen molar-refractivity contribution in [2.24, 2.45) is 0 Å². The van der Waals surface area contributed by atoms with Crippen LogP contribution >= 0.6 is 0 Å². The smallest absolute Gasteiger partial charge is 0.214 e. The second-order valence-corrected chi connectivity index (χ2v) is 6.81. The summed E-state index contributed by atoms with van der Waals surface area (Å²) in [6, 6.07) is 0.510. The Morgan fingerprint density at radius 1 is 1.41 bits per heavy atom. The predicted octanol–water partition coefficient (Wildman–Crippen LogP) is 0.471. The molecule has 1 heterocycles. The fraction of sp³-hybridized carbons (Fsp3) is 1.00. The van der Waals surface area contributed by atoms with E-state index in [0.717, 1.165) is 12.8 Å². The van der Waals surface area contributed by atoms with Gasteiger partial charge in [-0.3, -0.25) is 0 Å². The van der Waals surface area contributed by atoms with Gasteiger partial charge in [-0.25, -0.2) is 13.1 Å². The number of rotatable bonds is 6. The second-order valence-electron chi connectivity index (χ2n) is 4.94. The van der Waals surface area contributed by atoms with Crippen molar-refractivity contribution in [1.82, 2.24) is 10.0 Å². The van der Waals surface area contributed by atoms with Crippen LogP contribution in [0.15, 0.2) is 0 Å². The second kappa shape index (κ2) is 6.68. The molecule has 0 bridgehead atoms. The quantitative estimate of drug-likeness (QED) is 0.732. The maximum atomic E-state index is 11.7. The lowest BCUT2D eigenvalue weighted by Gasteiger charge is -2.28. The molecule has 1 fully saturated rings. The summed E-state index contributed by atoms with van der Waals surface area (Å²) in [5.74, 6) is 0.0389. The molecule has 1 aliphatic heterocycles. The Bertz CT molecular complexity index is 309. The third kappa shape index (κ3) is 6.35. The summed E-state index contributed by atoms with van der Waals surface area (Å²) in [5, 5.41) is 3.27. The van der Waals surface area contributed by atoms with E-state index < -0.39 is 10.0 Å². The summed E-state index contributed by atoms with van der Waals surface area (Å²) in [5.41, 5.74) is 0. The molecule has 2 N–H and O–H groups in total. The van der Waals surface area contributed by atoms with Crippen LogP contribution in [0.25, 0.3) is 0 Å². The Balaban J connectivity index is 2.28. The van der Waals surface area contributed by atoms with Crippen LogP contribution in [0.5, 0.6) is 0 Å². The summed E-state index contributed by atoms with van der Waals surface area (Å²) in [7, 11) is -3.21. The van der Waals surface area contributed by atoms with Gasteiger partial charge in [0.05, 0.1) is 18.5 Å². The Morgan fingerprint density at radius 2 is 2.12 bits per heavy atom. The fourth-order valence-electron chi connectivity index (χ4n) is 1.81. The summed E-state index contributed by atoms with van der Waals surface area (Å²) >= 11 is 0. The van der Waals surface area contributed by atoms with Crippen molar-refractivity contribution in [2.45, 2.75) is 51.8 Å². The van der Waals surface area contributed by atoms with Gasteiger partial charge in [-0.15, -0.1) is 0 Å². The zero-order chi connectivity index (χ0) is 12.9. The summed E-state index contributed by atoms with van der Waals surface area (Å²) < 4.78 is 31.5. The fourth-order valence-corrected chi connectivity index (χ4v) is 2.95. The highest BCUT2D eigenvalue weighted by Crippen LogP contribution is 2.08. The van der Waals surface area contributed by atoms with E-state index >= 15 is 0 Å². The van der Waals surface area contributed by atoms with Crippen molar-refractivity contribution in [3.63, 3.8) is 0 Å². The van der Waals surface area contributed by atoms with Crippen molar-refractivity contribution in [3.8, 4) is 0 Å². The first-order chi connectivity index (χ1) is 7.89. The van der Waals surface area contributed by atoms with Crippen molar-refractivity contribution in [2.75, 3.05) is 18.9 Å². The van der Waals surface area contributed by atoms with Gasteiger partial charge in [0, 0.05) is 18.6 Å². The van der Waals surface area contributed by atoms with E-state index in [2.05, 4.69) is 17.0 Å². The number of ether oxygens (including phenoxy) is 1. The Hall–Kier alpha value is -0.170. The molecule has 102 valence electrons. The monoisotopic (exact) mass is 264 g/mol. The van der Waals surface area contributed by atoms with E-state index in [9.17, 15) is 8.42 Å². The molecule has 0 aliphatic carbocycles. The van der Waals surface area contributed by atoms with Gasteiger partial charge >= 0.3 is 0 Å². The largest absolute Gasteiger partial charge is 0.378 e. The number of nitrogens with one attached hydrogen (secondary N) is 2. The molecule has 2 atom stereocenters. The van der Waals surface area contributed by atoms with E-state index in [4.69, 9.17) is 4.74 Å². The van der Waals surface area contributed by atoms with Crippen molar-refractivity contribution in [1.29, 1.82) is 0 Å². The highest BCUT2D eigenvalue weighted by Gasteiger charge is 2.22. The minimum absolute atomic E-state index is 0.0234. The lowest BCUT2D eigenvalue weighted by Crippen LogP contribution is -2.49. The minimum Gasteiger partial charge on any atom is -0.378 e. The highest BCUT2D eigenvalue weighted by atomic mass is 32.2. The molecule has 0 saturated carbocycles. The predicted molar refractivity (Wildman–Crippen MR) is 68.5 cm³/mol. The summed E-state index contributed by atoms with van der Waals surface area (Å²) in [6.07, 6.45) is 1.98. The molecule has 0 amide bonds. The minimum atomic E-state index is -3.21. The van der Waals surface area contributed by atoms with E-state index in [1.54, 1.807) is 0 Å². The molecule has 0 spiro atoms. The Morgan fingerprint density at radius 3 is 2.65 bits per heavy atom. The normalized spacial score (nSPS) is 26.4. The SMILES string of the molecule is CC1CCC(NS(=O)(=O)CCOC(C)C)CN1. The topological polar surface area (TPSA) is 67.4 Å². The van der Waals surface area contributed by atoms with E-state index in [0.29, 0.717) is 12.6 Å². The first kappa shape index (κ1) is 14.9. The van der Waals surface area contributed by atoms with Crippen LogP contribution in [0.1, 0.15) is 33.6 Å². The third-order valence-corrected chi connectivity index (χ3v) is 4.21. The third-order valence-electron chi connectivity index (χ3n) is 2.81. The molecular weight excluding hydrogens is 240 g/mol. The van der Waals surface area contributed by atoms with Crippen LogP contribution in [-0.4, -0.2) is 45.5 Å². The maximum Gasteiger partial charge on any atom is 0.214 e.